The van der Waals surface area contributed by atoms with Gasteiger partial charge in [0, 0.05) is 6.07 Å². The molecule has 0 spiro atoms. The van der Waals surface area contributed by atoms with E-state index in [1.54, 1.807) is 6.07 Å². The summed E-state index contributed by atoms with van der Waals surface area (Å²) in [7, 11) is 0. The Labute approximate surface area is 125 Å². The Morgan fingerprint density at radius 1 is 1.14 bits per heavy atom. The van der Waals surface area contributed by atoms with Gasteiger partial charge in [0.05, 0.1) is 16.0 Å². The molecule has 0 heterocycles. The number of nitro groups is 1. The van der Waals surface area contributed by atoms with Gasteiger partial charge in [-0.2, -0.15) is 0 Å². The Morgan fingerprint density at radius 2 is 1.90 bits per heavy atom. The smallest absolute Gasteiger partial charge is 0.273 e. The van der Waals surface area contributed by atoms with Gasteiger partial charge >= 0.3 is 0 Å². The van der Waals surface area contributed by atoms with E-state index in [2.05, 4.69) is 0 Å². The van der Waals surface area contributed by atoms with Crippen molar-refractivity contribution in [1.29, 1.82) is 0 Å². The standard InChI is InChI=1S/C14H11ClFNO4/c15-13-8-10(16)4-5-14(13)21-7-6-20-12-3-1-2-11(9-12)17(18)19/h1-5,8-9H,6-7H2. The summed E-state index contributed by atoms with van der Waals surface area (Å²) in [6, 6.07) is 9.65. The Hall–Kier alpha value is -2.34. The van der Waals surface area contributed by atoms with E-state index >= 15 is 0 Å². The van der Waals surface area contributed by atoms with E-state index in [1.807, 2.05) is 0 Å². The van der Waals surface area contributed by atoms with Crippen molar-refractivity contribution >= 4 is 17.3 Å². The fourth-order valence-corrected chi connectivity index (χ4v) is 1.81. The minimum absolute atomic E-state index is 0.0463. The number of nitro benzene ring substituents is 1. The van der Waals surface area contributed by atoms with Gasteiger partial charge in [-0.25, -0.2) is 4.39 Å². The maximum atomic E-state index is 12.8. The predicted molar refractivity (Wildman–Crippen MR) is 75.5 cm³/mol. The molecule has 2 aromatic rings. The largest absolute Gasteiger partial charge is 0.490 e. The number of hydrogen-bond acceptors (Lipinski definition) is 4. The molecular weight excluding hydrogens is 301 g/mol. The van der Waals surface area contributed by atoms with Crippen LogP contribution in [0, 0.1) is 15.9 Å². The number of rotatable bonds is 6. The summed E-state index contributed by atoms with van der Waals surface area (Å²) in [5.74, 6) is 0.277. The first-order valence-electron chi connectivity index (χ1n) is 6.01. The van der Waals surface area contributed by atoms with Crippen LogP contribution >= 0.6 is 11.6 Å². The third-order valence-corrected chi connectivity index (χ3v) is 2.83. The maximum absolute atomic E-state index is 12.8. The average Bonchev–Trinajstić information content (AvgIpc) is 2.45. The quantitative estimate of drug-likeness (QED) is 0.462. The van der Waals surface area contributed by atoms with Crippen molar-refractivity contribution in [2.45, 2.75) is 0 Å². The zero-order valence-corrected chi connectivity index (χ0v) is 11.5. The summed E-state index contributed by atoms with van der Waals surface area (Å²) >= 11 is 5.80. The van der Waals surface area contributed by atoms with Crippen molar-refractivity contribution in [2.75, 3.05) is 13.2 Å². The minimum Gasteiger partial charge on any atom is -0.490 e. The Morgan fingerprint density at radius 3 is 2.62 bits per heavy atom. The molecule has 0 atom stereocenters. The van der Waals surface area contributed by atoms with Crippen LogP contribution in [0.5, 0.6) is 11.5 Å². The van der Waals surface area contributed by atoms with Crippen molar-refractivity contribution in [2.24, 2.45) is 0 Å². The molecular formula is C14H11ClFNO4. The molecule has 0 N–H and O–H groups in total. The topological polar surface area (TPSA) is 61.6 Å². The first-order chi connectivity index (χ1) is 10.1. The third kappa shape index (κ3) is 4.32. The second kappa shape index (κ2) is 6.90. The second-order valence-electron chi connectivity index (χ2n) is 4.03. The van der Waals surface area contributed by atoms with Gasteiger partial charge in [-0.3, -0.25) is 10.1 Å². The van der Waals surface area contributed by atoms with Gasteiger partial charge in [-0.05, 0) is 24.3 Å². The summed E-state index contributed by atoms with van der Waals surface area (Å²) in [6.45, 7) is 0.350. The molecule has 0 saturated carbocycles. The van der Waals surface area contributed by atoms with Crippen molar-refractivity contribution < 1.29 is 18.8 Å². The Balaban J connectivity index is 1.84. The number of non-ortho nitro benzene ring substituents is 1. The fraction of sp³-hybridized carbons (Fsp3) is 0.143. The van der Waals surface area contributed by atoms with Crippen molar-refractivity contribution in [1.82, 2.24) is 0 Å². The van der Waals surface area contributed by atoms with Crippen LogP contribution in [0.2, 0.25) is 5.02 Å². The molecule has 0 aliphatic heterocycles. The molecule has 0 bridgehead atoms. The minimum atomic E-state index is -0.498. The van der Waals surface area contributed by atoms with Gasteiger partial charge in [0.25, 0.3) is 5.69 Å². The molecule has 7 heteroatoms. The van der Waals surface area contributed by atoms with Gasteiger partial charge < -0.3 is 9.47 Å². The van der Waals surface area contributed by atoms with E-state index in [1.165, 1.54) is 30.3 Å². The lowest BCUT2D eigenvalue weighted by atomic mass is 10.3. The highest BCUT2D eigenvalue weighted by Crippen LogP contribution is 2.25. The monoisotopic (exact) mass is 311 g/mol. The molecule has 21 heavy (non-hydrogen) atoms. The highest BCUT2D eigenvalue weighted by Gasteiger charge is 2.07. The van der Waals surface area contributed by atoms with Gasteiger partial charge in [0.15, 0.2) is 0 Å². The molecule has 0 saturated heterocycles. The maximum Gasteiger partial charge on any atom is 0.273 e. The van der Waals surface area contributed by atoms with Crippen LogP contribution in [0.1, 0.15) is 0 Å². The molecule has 0 aliphatic carbocycles. The number of halogens is 2. The highest BCUT2D eigenvalue weighted by atomic mass is 35.5. The molecule has 0 aromatic heterocycles. The van der Waals surface area contributed by atoms with E-state index in [0.717, 1.165) is 6.07 Å². The highest BCUT2D eigenvalue weighted by molar-refractivity contribution is 6.32. The zero-order valence-electron chi connectivity index (χ0n) is 10.8. The molecule has 0 aliphatic rings. The number of hydrogen-bond donors (Lipinski definition) is 0. The van der Waals surface area contributed by atoms with Crippen molar-refractivity contribution in [3.63, 3.8) is 0 Å². The van der Waals surface area contributed by atoms with Crippen LogP contribution in [0.15, 0.2) is 42.5 Å². The van der Waals surface area contributed by atoms with Crippen LogP contribution in [-0.2, 0) is 0 Å². The molecule has 0 fully saturated rings. The van der Waals surface area contributed by atoms with Gasteiger partial charge in [0.2, 0.25) is 0 Å². The van der Waals surface area contributed by atoms with E-state index in [4.69, 9.17) is 21.1 Å². The van der Waals surface area contributed by atoms with Crippen LogP contribution in [0.25, 0.3) is 0 Å². The first-order valence-corrected chi connectivity index (χ1v) is 6.39. The first kappa shape index (κ1) is 15.1. The summed E-state index contributed by atoms with van der Waals surface area (Å²) < 4.78 is 23.5. The van der Waals surface area contributed by atoms with E-state index in [0.29, 0.717) is 11.5 Å². The van der Waals surface area contributed by atoms with Crippen LogP contribution in [-0.4, -0.2) is 18.1 Å². The number of benzene rings is 2. The Kier molecular flexibility index (Phi) is 4.94. The normalized spacial score (nSPS) is 10.2. The van der Waals surface area contributed by atoms with Crippen LogP contribution in [0.4, 0.5) is 10.1 Å². The van der Waals surface area contributed by atoms with Crippen LogP contribution < -0.4 is 9.47 Å². The zero-order chi connectivity index (χ0) is 15.2. The molecule has 0 amide bonds. The van der Waals surface area contributed by atoms with E-state index in [-0.39, 0.29) is 23.9 Å². The third-order valence-electron chi connectivity index (χ3n) is 2.53. The molecule has 110 valence electrons. The molecule has 2 rings (SSSR count). The molecule has 0 radical (unpaired) electrons. The van der Waals surface area contributed by atoms with Gasteiger partial charge in [0.1, 0.15) is 30.5 Å². The van der Waals surface area contributed by atoms with Gasteiger partial charge in [-0.1, -0.05) is 17.7 Å². The summed E-state index contributed by atoms with van der Waals surface area (Å²) in [4.78, 5) is 10.1. The van der Waals surface area contributed by atoms with Crippen LogP contribution in [0.3, 0.4) is 0 Å². The van der Waals surface area contributed by atoms with E-state index < -0.39 is 10.7 Å². The number of ether oxygens (including phenoxy) is 2. The summed E-state index contributed by atoms with van der Waals surface area (Å²) in [5.41, 5.74) is -0.0463. The number of nitrogens with zero attached hydrogens (tertiary/aromatic N) is 1. The molecule has 2 aromatic carbocycles. The Bertz CT molecular complexity index is 651. The van der Waals surface area contributed by atoms with Gasteiger partial charge in [-0.15, -0.1) is 0 Å². The molecule has 0 unspecified atom stereocenters. The predicted octanol–water partition coefficient (Wildman–Crippen LogP) is 3.85. The average molecular weight is 312 g/mol. The van der Waals surface area contributed by atoms with Crippen molar-refractivity contribution in [3.05, 3.63) is 63.4 Å². The lowest BCUT2D eigenvalue weighted by Crippen LogP contribution is -2.09. The molecule has 5 nitrogen and oxygen atoms in total. The SMILES string of the molecule is O=[N+]([O-])c1cccc(OCCOc2ccc(F)cc2Cl)c1. The lowest BCUT2D eigenvalue weighted by molar-refractivity contribution is -0.384. The summed E-state index contributed by atoms with van der Waals surface area (Å²) in [5, 5.41) is 10.8. The fourth-order valence-electron chi connectivity index (χ4n) is 1.59. The van der Waals surface area contributed by atoms with Crippen molar-refractivity contribution in [3.8, 4) is 11.5 Å². The summed E-state index contributed by atoms with van der Waals surface area (Å²) in [6.07, 6.45) is 0. The van der Waals surface area contributed by atoms with E-state index in [9.17, 15) is 14.5 Å². The second-order valence-corrected chi connectivity index (χ2v) is 4.43. The lowest BCUT2D eigenvalue weighted by Gasteiger charge is -2.09.